The number of furan rings is 1. The Bertz CT molecular complexity index is 779. The van der Waals surface area contributed by atoms with Crippen molar-refractivity contribution in [1.29, 1.82) is 0 Å². The van der Waals surface area contributed by atoms with Gasteiger partial charge >= 0.3 is 0 Å². The number of rotatable bonds is 5. The minimum absolute atomic E-state index is 0.0194. The highest BCUT2D eigenvalue weighted by Crippen LogP contribution is 2.27. The van der Waals surface area contributed by atoms with Gasteiger partial charge in [0.2, 0.25) is 0 Å². The van der Waals surface area contributed by atoms with Crippen molar-refractivity contribution >= 4 is 17.3 Å². The van der Waals surface area contributed by atoms with E-state index in [1.165, 1.54) is 0 Å². The average molecular weight is 318 g/mol. The van der Waals surface area contributed by atoms with E-state index in [2.05, 4.69) is 15.5 Å². The molecule has 0 saturated carbocycles. The summed E-state index contributed by atoms with van der Waals surface area (Å²) in [6.45, 7) is 2.42. The van der Waals surface area contributed by atoms with Crippen LogP contribution < -0.4 is 5.32 Å². The largest absolute Gasteiger partial charge is 0.460 e. The van der Waals surface area contributed by atoms with Crippen LogP contribution in [0.15, 0.2) is 40.9 Å². The van der Waals surface area contributed by atoms with Crippen LogP contribution in [-0.2, 0) is 13.2 Å². The number of H-pyrrole nitrogens is 1. The third-order valence-electron chi connectivity index (χ3n) is 3.39. The first-order valence-electron chi connectivity index (χ1n) is 6.89. The Morgan fingerprint density at radius 3 is 2.91 bits per heavy atom. The topological polar surface area (TPSA) is 74.1 Å². The van der Waals surface area contributed by atoms with E-state index in [-0.39, 0.29) is 6.61 Å². The number of aliphatic hydroxyl groups is 1. The second kappa shape index (κ2) is 6.25. The first-order chi connectivity index (χ1) is 10.7. The maximum atomic E-state index is 9.20. The summed E-state index contributed by atoms with van der Waals surface area (Å²) in [5.41, 5.74) is 3.40. The molecule has 0 radical (unpaired) electrons. The highest BCUT2D eigenvalue weighted by atomic mass is 35.5. The summed E-state index contributed by atoms with van der Waals surface area (Å²) in [5, 5.41) is 20.1. The smallest absolute Gasteiger partial charge is 0.152 e. The van der Waals surface area contributed by atoms with Gasteiger partial charge in [0.25, 0.3) is 0 Å². The molecule has 3 aromatic rings. The number of aromatic amines is 1. The number of aryl methyl sites for hydroxylation is 1. The van der Waals surface area contributed by atoms with Gasteiger partial charge in [0.05, 0.1) is 23.5 Å². The quantitative estimate of drug-likeness (QED) is 0.670. The molecule has 0 aliphatic rings. The van der Waals surface area contributed by atoms with Crippen molar-refractivity contribution in [2.45, 2.75) is 20.1 Å². The lowest BCUT2D eigenvalue weighted by Crippen LogP contribution is -2.01. The maximum absolute atomic E-state index is 9.20. The lowest BCUT2D eigenvalue weighted by molar-refractivity contribution is 0.282. The van der Waals surface area contributed by atoms with Crippen LogP contribution in [-0.4, -0.2) is 15.3 Å². The lowest BCUT2D eigenvalue weighted by atomic mass is 10.2. The van der Waals surface area contributed by atoms with Crippen LogP contribution in [0.25, 0.3) is 11.5 Å². The molecule has 0 bridgehead atoms. The molecule has 0 fully saturated rings. The molecule has 2 aromatic heterocycles. The van der Waals surface area contributed by atoms with Gasteiger partial charge in [-0.05, 0) is 36.8 Å². The van der Waals surface area contributed by atoms with Crippen LogP contribution in [0.5, 0.6) is 0 Å². The molecule has 3 rings (SSSR count). The predicted molar refractivity (Wildman–Crippen MR) is 85.7 cm³/mol. The third kappa shape index (κ3) is 3.00. The molecule has 0 aliphatic carbocycles. The van der Waals surface area contributed by atoms with Gasteiger partial charge in [-0.1, -0.05) is 17.7 Å². The van der Waals surface area contributed by atoms with Gasteiger partial charge in [-0.2, -0.15) is 5.10 Å². The van der Waals surface area contributed by atoms with E-state index >= 15 is 0 Å². The molecular weight excluding hydrogens is 302 g/mol. The van der Waals surface area contributed by atoms with E-state index in [0.29, 0.717) is 11.6 Å². The number of aromatic nitrogens is 2. The molecule has 0 atom stereocenters. The zero-order valence-corrected chi connectivity index (χ0v) is 12.8. The van der Waals surface area contributed by atoms with E-state index in [1.807, 2.05) is 25.1 Å². The summed E-state index contributed by atoms with van der Waals surface area (Å²) < 4.78 is 5.62. The Balaban J connectivity index is 1.79. The molecule has 0 aliphatic heterocycles. The van der Waals surface area contributed by atoms with Gasteiger partial charge < -0.3 is 14.8 Å². The molecular formula is C16H16ClN3O2. The summed E-state index contributed by atoms with van der Waals surface area (Å²) in [7, 11) is 0. The Morgan fingerprint density at radius 2 is 2.18 bits per heavy atom. The number of halogens is 1. The van der Waals surface area contributed by atoms with E-state index in [1.54, 1.807) is 18.3 Å². The molecule has 3 N–H and O–H groups in total. The van der Waals surface area contributed by atoms with Crippen LogP contribution >= 0.6 is 11.6 Å². The molecule has 0 saturated heterocycles. The van der Waals surface area contributed by atoms with Gasteiger partial charge in [0.1, 0.15) is 11.5 Å². The second-order valence-electron chi connectivity index (χ2n) is 5.01. The fraction of sp³-hybridized carbons (Fsp3) is 0.188. The molecule has 22 heavy (non-hydrogen) atoms. The fourth-order valence-electron chi connectivity index (χ4n) is 2.22. The van der Waals surface area contributed by atoms with Crippen LogP contribution in [0.2, 0.25) is 5.02 Å². The van der Waals surface area contributed by atoms with Crippen LogP contribution in [0.4, 0.5) is 5.69 Å². The summed E-state index contributed by atoms with van der Waals surface area (Å²) >= 11 is 6.17. The highest BCUT2D eigenvalue weighted by molar-refractivity contribution is 6.33. The van der Waals surface area contributed by atoms with Gasteiger partial charge in [-0.25, -0.2) is 0 Å². The fourth-order valence-corrected chi connectivity index (χ4v) is 2.41. The number of hydrogen-bond donors (Lipinski definition) is 3. The van der Waals surface area contributed by atoms with E-state index in [0.717, 1.165) is 34.0 Å². The number of nitrogens with zero attached hydrogens (tertiary/aromatic N) is 1. The van der Waals surface area contributed by atoms with Crippen LogP contribution in [0.3, 0.4) is 0 Å². The predicted octanol–water partition coefficient (Wildman–Crippen LogP) is 3.74. The SMILES string of the molecule is Cc1ccc(-c2[nH]ncc2CNc2cc(CO)ccc2Cl)o1. The van der Waals surface area contributed by atoms with Gasteiger partial charge in [0, 0.05) is 12.1 Å². The molecule has 6 heteroatoms. The summed E-state index contributed by atoms with van der Waals surface area (Å²) in [6, 6.07) is 9.21. The Hall–Kier alpha value is -2.24. The molecule has 0 amide bonds. The van der Waals surface area contributed by atoms with Gasteiger partial charge in [-0.3, -0.25) is 5.10 Å². The minimum atomic E-state index is -0.0194. The Morgan fingerprint density at radius 1 is 1.32 bits per heavy atom. The Kier molecular flexibility index (Phi) is 4.18. The maximum Gasteiger partial charge on any atom is 0.152 e. The second-order valence-corrected chi connectivity index (χ2v) is 5.41. The molecule has 0 spiro atoms. The van der Waals surface area contributed by atoms with Crippen molar-refractivity contribution in [3.63, 3.8) is 0 Å². The van der Waals surface area contributed by atoms with Crippen molar-refractivity contribution < 1.29 is 9.52 Å². The van der Waals surface area contributed by atoms with Crippen molar-refractivity contribution in [1.82, 2.24) is 10.2 Å². The summed E-state index contributed by atoms with van der Waals surface area (Å²) in [5.74, 6) is 1.60. The number of hydrogen-bond acceptors (Lipinski definition) is 4. The van der Waals surface area contributed by atoms with E-state index in [4.69, 9.17) is 16.0 Å². The molecule has 5 nitrogen and oxygen atoms in total. The summed E-state index contributed by atoms with van der Waals surface area (Å²) in [4.78, 5) is 0. The number of anilines is 1. The van der Waals surface area contributed by atoms with E-state index in [9.17, 15) is 5.11 Å². The van der Waals surface area contributed by atoms with E-state index < -0.39 is 0 Å². The molecule has 0 unspecified atom stereocenters. The lowest BCUT2D eigenvalue weighted by Gasteiger charge is -2.09. The highest BCUT2D eigenvalue weighted by Gasteiger charge is 2.11. The van der Waals surface area contributed by atoms with Crippen molar-refractivity contribution in [2.24, 2.45) is 0 Å². The van der Waals surface area contributed by atoms with Crippen LogP contribution in [0.1, 0.15) is 16.9 Å². The zero-order chi connectivity index (χ0) is 15.5. The standard InChI is InChI=1S/C16H16ClN3O2/c1-10-2-5-15(22-10)16-12(8-19-20-16)7-18-14-6-11(9-21)3-4-13(14)17/h2-6,8,18,21H,7,9H2,1H3,(H,19,20). The van der Waals surface area contributed by atoms with Crippen molar-refractivity contribution in [2.75, 3.05) is 5.32 Å². The van der Waals surface area contributed by atoms with Crippen LogP contribution in [0, 0.1) is 6.92 Å². The molecule has 114 valence electrons. The van der Waals surface area contributed by atoms with Gasteiger partial charge in [0.15, 0.2) is 5.76 Å². The first-order valence-corrected chi connectivity index (χ1v) is 7.27. The normalized spacial score (nSPS) is 10.9. The molecule has 1 aromatic carbocycles. The zero-order valence-electron chi connectivity index (χ0n) is 12.1. The first kappa shape index (κ1) is 14.7. The number of benzene rings is 1. The minimum Gasteiger partial charge on any atom is -0.460 e. The van der Waals surface area contributed by atoms with Gasteiger partial charge in [-0.15, -0.1) is 0 Å². The average Bonchev–Trinajstić information content (AvgIpc) is 3.15. The van der Waals surface area contributed by atoms with Crippen molar-refractivity contribution in [3.05, 3.63) is 58.4 Å². The Labute approximate surface area is 132 Å². The number of nitrogens with one attached hydrogen (secondary N) is 2. The monoisotopic (exact) mass is 317 g/mol. The number of aliphatic hydroxyl groups excluding tert-OH is 1. The molecule has 2 heterocycles. The summed E-state index contributed by atoms with van der Waals surface area (Å²) in [6.07, 6.45) is 1.75. The van der Waals surface area contributed by atoms with Crippen molar-refractivity contribution in [3.8, 4) is 11.5 Å². The third-order valence-corrected chi connectivity index (χ3v) is 3.72.